The molecule has 0 unspecified atom stereocenters. The third-order valence-corrected chi connectivity index (χ3v) is 5.24. The van der Waals surface area contributed by atoms with Gasteiger partial charge in [-0.15, -0.1) is 0 Å². The summed E-state index contributed by atoms with van der Waals surface area (Å²) in [5.41, 5.74) is -0.396. The maximum atomic E-state index is 12.4. The predicted molar refractivity (Wildman–Crippen MR) is 91.9 cm³/mol. The molecule has 0 aliphatic rings. The van der Waals surface area contributed by atoms with Crippen molar-refractivity contribution in [1.82, 2.24) is 9.62 Å². The lowest BCUT2D eigenvalue weighted by molar-refractivity contribution is -0.385. The molecule has 1 rings (SSSR count). The van der Waals surface area contributed by atoms with Crippen molar-refractivity contribution in [2.24, 2.45) is 5.92 Å². The Balaban J connectivity index is 2.89. The summed E-state index contributed by atoms with van der Waals surface area (Å²) in [5.74, 6) is -1.98. The number of nitro benzene ring substituents is 1. The molecule has 26 heavy (non-hydrogen) atoms. The first-order chi connectivity index (χ1) is 11.9. The van der Waals surface area contributed by atoms with Gasteiger partial charge < -0.3 is 10.4 Å². The molecule has 0 aromatic heterocycles. The molecule has 0 bridgehead atoms. The zero-order valence-corrected chi connectivity index (χ0v) is 15.4. The highest BCUT2D eigenvalue weighted by Gasteiger charge is 2.27. The summed E-state index contributed by atoms with van der Waals surface area (Å²) in [6.07, 6.45) is 0.197. The minimum Gasteiger partial charge on any atom is -0.480 e. The number of likely N-dealkylation sites (N-methyl/N-ethyl adjacent to an activating group) is 1. The van der Waals surface area contributed by atoms with Crippen molar-refractivity contribution in [3.8, 4) is 0 Å². The van der Waals surface area contributed by atoms with Crippen LogP contribution in [0.1, 0.15) is 20.3 Å². The molecular weight excluding hydrogens is 366 g/mol. The van der Waals surface area contributed by atoms with Crippen LogP contribution in [0.2, 0.25) is 0 Å². The number of hydrogen-bond acceptors (Lipinski definition) is 6. The van der Waals surface area contributed by atoms with Gasteiger partial charge in [-0.25, -0.2) is 13.2 Å². The topological polar surface area (TPSA) is 147 Å². The van der Waals surface area contributed by atoms with Gasteiger partial charge in [0.2, 0.25) is 15.9 Å². The lowest BCUT2D eigenvalue weighted by Gasteiger charge is -2.20. The molecular formula is C15H21N3O7S. The van der Waals surface area contributed by atoms with Crippen molar-refractivity contribution in [2.45, 2.75) is 31.2 Å². The molecule has 2 N–H and O–H groups in total. The van der Waals surface area contributed by atoms with Crippen LogP contribution in [0.15, 0.2) is 29.2 Å². The van der Waals surface area contributed by atoms with Crippen molar-refractivity contribution < 1.29 is 28.0 Å². The number of carbonyl (C=O) groups is 2. The highest BCUT2D eigenvalue weighted by atomic mass is 32.2. The maximum Gasteiger partial charge on any atom is 0.326 e. The molecule has 0 aliphatic carbocycles. The standard InChI is InChI=1S/C15H21N3O7S/c1-10(2)7-13(15(20)21)16-14(19)9-17(3)26(24,25)12-6-4-5-11(8-12)18(22)23/h4-6,8,10,13H,7,9H2,1-3H3,(H,16,19)(H,20,21)/t13-/m0/s1. The highest BCUT2D eigenvalue weighted by Crippen LogP contribution is 2.20. The number of carboxylic acid groups (broad SMARTS) is 1. The van der Waals surface area contributed by atoms with E-state index in [2.05, 4.69) is 5.32 Å². The summed E-state index contributed by atoms with van der Waals surface area (Å²) in [4.78, 5) is 32.9. The summed E-state index contributed by atoms with van der Waals surface area (Å²) in [6.45, 7) is 2.97. The van der Waals surface area contributed by atoms with Gasteiger partial charge in [-0.1, -0.05) is 19.9 Å². The molecule has 1 atom stereocenters. The molecule has 0 spiro atoms. The zero-order chi connectivity index (χ0) is 20.1. The fourth-order valence-electron chi connectivity index (χ4n) is 2.16. The van der Waals surface area contributed by atoms with Gasteiger partial charge in [-0.05, 0) is 18.4 Å². The molecule has 11 heteroatoms. The number of nitro groups is 1. The lowest BCUT2D eigenvalue weighted by Crippen LogP contribution is -2.46. The van der Waals surface area contributed by atoms with Gasteiger partial charge in [0.1, 0.15) is 6.04 Å². The van der Waals surface area contributed by atoms with Gasteiger partial charge in [0, 0.05) is 19.2 Å². The van der Waals surface area contributed by atoms with E-state index in [1.54, 1.807) is 13.8 Å². The number of amides is 1. The van der Waals surface area contributed by atoms with Gasteiger partial charge in [-0.2, -0.15) is 4.31 Å². The maximum absolute atomic E-state index is 12.4. The van der Waals surface area contributed by atoms with Gasteiger partial charge in [0.15, 0.2) is 0 Å². The summed E-state index contributed by atoms with van der Waals surface area (Å²) < 4.78 is 25.6. The number of non-ortho nitro benzene ring substituents is 1. The van der Waals surface area contributed by atoms with Crippen LogP contribution in [0.5, 0.6) is 0 Å². The monoisotopic (exact) mass is 387 g/mol. The fourth-order valence-corrected chi connectivity index (χ4v) is 3.32. The van der Waals surface area contributed by atoms with Crippen LogP contribution in [0.4, 0.5) is 5.69 Å². The van der Waals surface area contributed by atoms with E-state index in [-0.39, 0.29) is 17.2 Å². The van der Waals surface area contributed by atoms with Crippen molar-refractivity contribution >= 4 is 27.6 Å². The van der Waals surface area contributed by atoms with Gasteiger partial charge in [0.25, 0.3) is 5.69 Å². The quantitative estimate of drug-likeness (QED) is 0.471. The number of rotatable bonds is 9. The smallest absolute Gasteiger partial charge is 0.326 e. The highest BCUT2D eigenvalue weighted by molar-refractivity contribution is 7.89. The number of carbonyl (C=O) groups excluding carboxylic acids is 1. The third-order valence-electron chi connectivity index (χ3n) is 3.44. The number of aliphatic carboxylic acids is 1. The predicted octanol–water partition coefficient (Wildman–Crippen LogP) is 0.831. The molecule has 0 fully saturated rings. The number of carboxylic acids is 1. The van der Waals surface area contributed by atoms with Crippen LogP contribution in [-0.2, 0) is 19.6 Å². The lowest BCUT2D eigenvalue weighted by atomic mass is 10.0. The Labute approximate surface area is 151 Å². The van der Waals surface area contributed by atoms with Crippen LogP contribution < -0.4 is 5.32 Å². The Morgan fingerprint density at radius 1 is 1.35 bits per heavy atom. The minimum atomic E-state index is -4.15. The first kappa shape index (κ1) is 21.5. The van der Waals surface area contributed by atoms with E-state index >= 15 is 0 Å². The zero-order valence-electron chi connectivity index (χ0n) is 14.6. The normalized spacial score (nSPS) is 12.8. The van der Waals surface area contributed by atoms with E-state index in [9.17, 15) is 28.1 Å². The van der Waals surface area contributed by atoms with Crippen molar-refractivity contribution in [3.05, 3.63) is 34.4 Å². The molecule has 0 radical (unpaired) electrons. The molecule has 1 aromatic rings. The first-order valence-corrected chi connectivity index (χ1v) is 9.12. The Morgan fingerprint density at radius 3 is 2.46 bits per heavy atom. The van der Waals surface area contributed by atoms with Crippen LogP contribution >= 0.6 is 0 Å². The van der Waals surface area contributed by atoms with E-state index in [4.69, 9.17) is 5.11 Å². The molecule has 0 saturated heterocycles. The van der Waals surface area contributed by atoms with E-state index in [1.807, 2.05) is 0 Å². The fraction of sp³-hybridized carbons (Fsp3) is 0.467. The number of sulfonamides is 1. The summed E-state index contributed by atoms with van der Waals surface area (Å²) >= 11 is 0. The largest absolute Gasteiger partial charge is 0.480 e. The van der Waals surface area contributed by atoms with Crippen LogP contribution in [0.3, 0.4) is 0 Å². The Morgan fingerprint density at radius 2 is 1.96 bits per heavy atom. The number of benzene rings is 1. The second kappa shape index (κ2) is 8.72. The van der Waals surface area contributed by atoms with Crippen molar-refractivity contribution in [3.63, 3.8) is 0 Å². The van der Waals surface area contributed by atoms with Gasteiger partial charge >= 0.3 is 5.97 Å². The Hall–Kier alpha value is -2.53. The van der Waals surface area contributed by atoms with E-state index in [0.29, 0.717) is 4.31 Å². The van der Waals surface area contributed by atoms with Crippen LogP contribution in [0.25, 0.3) is 0 Å². The van der Waals surface area contributed by atoms with E-state index < -0.39 is 45.1 Å². The molecule has 0 aliphatic heterocycles. The molecule has 0 saturated carbocycles. The minimum absolute atomic E-state index is 0.0164. The van der Waals surface area contributed by atoms with Crippen molar-refractivity contribution in [1.29, 1.82) is 0 Å². The number of hydrogen-bond donors (Lipinski definition) is 2. The SMILES string of the molecule is CC(C)C[C@H](NC(=O)CN(C)S(=O)(=O)c1cccc([N+](=O)[O-])c1)C(=O)O. The Kier molecular flexibility index (Phi) is 7.21. The number of nitrogens with zero attached hydrogens (tertiary/aromatic N) is 2. The summed E-state index contributed by atoms with van der Waals surface area (Å²) in [7, 11) is -3.02. The van der Waals surface area contributed by atoms with Crippen LogP contribution in [0, 0.1) is 16.0 Å². The third kappa shape index (κ3) is 5.77. The summed E-state index contributed by atoms with van der Waals surface area (Å²) in [6, 6.07) is 3.31. The van der Waals surface area contributed by atoms with Crippen molar-refractivity contribution in [2.75, 3.05) is 13.6 Å². The second-order valence-corrected chi connectivity index (χ2v) is 8.15. The molecule has 1 aromatic carbocycles. The van der Waals surface area contributed by atoms with Gasteiger partial charge in [0.05, 0.1) is 16.4 Å². The Bertz CT molecular complexity index is 792. The van der Waals surface area contributed by atoms with E-state index in [0.717, 1.165) is 19.2 Å². The first-order valence-electron chi connectivity index (χ1n) is 7.68. The average Bonchev–Trinajstić information content (AvgIpc) is 2.53. The van der Waals surface area contributed by atoms with E-state index in [1.165, 1.54) is 12.1 Å². The molecule has 1 amide bonds. The molecule has 144 valence electrons. The van der Waals surface area contributed by atoms with Crippen LogP contribution in [-0.4, -0.2) is 54.3 Å². The average molecular weight is 387 g/mol. The molecule has 10 nitrogen and oxygen atoms in total. The van der Waals surface area contributed by atoms with Gasteiger partial charge in [-0.3, -0.25) is 14.9 Å². The molecule has 0 heterocycles. The summed E-state index contributed by atoms with van der Waals surface area (Å²) in [5, 5.41) is 22.2. The second-order valence-electron chi connectivity index (χ2n) is 6.10. The number of nitrogens with one attached hydrogen (secondary N) is 1.